The van der Waals surface area contributed by atoms with Gasteiger partial charge in [-0.1, -0.05) is 19.1 Å². The van der Waals surface area contributed by atoms with Crippen molar-refractivity contribution < 1.29 is 18.3 Å². The van der Waals surface area contributed by atoms with Gasteiger partial charge in [0.2, 0.25) is 0 Å². The average Bonchev–Trinajstić information content (AvgIpc) is 3.01. The molecule has 0 aliphatic heterocycles. The molecule has 10 heteroatoms. The van der Waals surface area contributed by atoms with Crippen molar-refractivity contribution in [3.8, 4) is 11.4 Å². The van der Waals surface area contributed by atoms with Crippen molar-refractivity contribution in [2.24, 2.45) is 5.73 Å². The number of halogens is 3. The Morgan fingerprint density at radius 2 is 1.89 bits per heavy atom. The minimum atomic E-state index is -2.88. The van der Waals surface area contributed by atoms with E-state index < -0.39 is 12.2 Å². The minimum Gasteiger partial charge on any atom is -0.435 e. The molecule has 150 valence electrons. The van der Waals surface area contributed by atoms with Crippen LogP contribution >= 0.6 is 12.4 Å². The molecule has 1 amide bonds. The number of nitrogens with two attached hydrogens (primary N) is 1. The van der Waals surface area contributed by atoms with Crippen LogP contribution in [0.2, 0.25) is 0 Å². The monoisotopic (exact) mass is 403 g/mol. The molecule has 2 rings (SSSR count). The van der Waals surface area contributed by atoms with Gasteiger partial charge in [-0.05, 0) is 44.0 Å². The van der Waals surface area contributed by atoms with E-state index in [-0.39, 0.29) is 29.8 Å². The third kappa shape index (κ3) is 5.61. The Hall–Kier alpha value is -2.26. The summed E-state index contributed by atoms with van der Waals surface area (Å²) in [6.45, 7) is 3.10. The number of carbonyl (C=O) groups is 1. The molecule has 0 fully saturated rings. The summed E-state index contributed by atoms with van der Waals surface area (Å²) in [6.07, 6.45) is 1.48. The third-order valence-electron chi connectivity index (χ3n) is 4.43. The Morgan fingerprint density at radius 3 is 2.41 bits per heavy atom. The Morgan fingerprint density at radius 1 is 1.30 bits per heavy atom. The minimum absolute atomic E-state index is 0. The van der Waals surface area contributed by atoms with Crippen LogP contribution in [0, 0.1) is 6.92 Å². The van der Waals surface area contributed by atoms with Crippen LogP contribution in [0.3, 0.4) is 0 Å². The van der Waals surface area contributed by atoms with Gasteiger partial charge in [0, 0.05) is 12.1 Å². The van der Waals surface area contributed by atoms with E-state index in [2.05, 4.69) is 20.4 Å². The second-order valence-electron chi connectivity index (χ2n) is 6.06. The Kier molecular flexibility index (Phi) is 8.11. The van der Waals surface area contributed by atoms with Gasteiger partial charge in [0.1, 0.15) is 5.75 Å². The first-order valence-electron chi connectivity index (χ1n) is 8.34. The highest BCUT2D eigenvalue weighted by atomic mass is 35.5. The molecule has 1 aromatic carbocycles. The Bertz CT molecular complexity index is 748. The molecule has 0 unspecified atom stereocenters. The maximum absolute atomic E-state index is 12.4. The molecule has 1 heterocycles. The van der Waals surface area contributed by atoms with Crippen LogP contribution in [0.25, 0.3) is 5.69 Å². The van der Waals surface area contributed by atoms with Crippen molar-refractivity contribution >= 4 is 18.3 Å². The fourth-order valence-corrected chi connectivity index (χ4v) is 2.39. The van der Waals surface area contributed by atoms with Gasteiger partial charge in [0.05, 0.1) is 11.4 Å². The molecule has 3 N–H and O–H groups in total. The van der Waals surface area contributed by atoms with Crippen LogP contribution in [-0.2, 0) is 0 Å². The zero-order valence-electron chi connectivity index (χ0n) is 15.4. The molecule has 0 atom stereocenters. The second-order valence-corrected chi connectivity index (χ2v) is 6.06. The maximum Gasteiger partial charge on any atom is 0.387 e. The van der Waals surface area contributed by atoms with Crippen molar-refractivity contribution in [2.45, 2.75) is 45.8 Å². The van der Waals surface area contributed by atoms with Gasteiger partial charge >= 0.3 is 6.61 Å². The summed E-state index contributed by atoms with van der Waals surface area (Å²) >= 11 is 0. The molecule has 27 heavy (non-hydrogen) atoms. The second kappa shape index (κ2) is 9.61. The normalized spacial score (nSPS) is 11.2. The number of hydrogen-bond donors (Lipinski definition) is 2. The number of alkyl halides is 2. The van der Waals surface area contributed by atoms with Crippen LogP contribution in [0.5, 0.6) is 5.75 Å². The summed E-state index contributed by atoms with van der Waals surface area (Å²) in [6, 6.07) is 5.90. The molecule has 7 nitrogen and oxygen atoms in total. The van der Waals surface area contributed by atoms with E-state index in [1.165, 1.54) is 16.8 Å². The highest BCUT2D eigenvalue weighted by Crippen LogP contribution is 2.19. The fraction of sp³-hybridized carbons (Fsp3) is 0.471. The van der Waals surface area contributed by atoms with E-state index in [1.54, 1.807) is 19.1 Å². The summed E-state index contributed by atoms with van der Waals surface area (Å²) in [4.78, 5) is 12.4. The quantitative estimate of drug-likeness (QED) is 0.706. The molecule has 0 saturated carbocycles. The Labute approximate surface area is 162 Å². The summed E-state index contributed by atoms with van der Waals surface area (Å²) in [5.74, 6) is -0.318. The molecule has 2 aromatic rings. The van der Waals surface area contributed by atoms with Crippen LogP contribution < -0.4 is 15.8 Å². The lowest BCUT2D eigenvalue weighted by molar-refractivity contribution is -0.0498. The number of rotatable bonds is 8. The van der Waals surface area contributed by atoms with Gasteiger partial charge in [-0.25, -0.2) is 4.68 Å². The number of carbonyl (C=O) groups excluding carboxylic acids is 1. The first-order chi connectivity index (χ1) is 12.3. The smallest absolute Gasteiger partial charge is 0.387 e. The number of hydrogen-bond acceptors (Lipinski definition) is 5. The highest BCUT2D eigenvalue weighted by molar-refractivity contribution is 5.93. The number of nitrogens with one attached hydrogen (secondary N) is 1. The van der Waals surface area contributed by atoms with Gasteiger partial charge in [-0.2, -0.15) is 8.78 Å². The molecule has 0 radical (unpaired) electrons. The van der Waals surface area contributed by atoms with Crippen molar-refractivity contribution in [1.82, 2.24) is 20.3 Å². The largest absolute Gasteiger partial charge is 0.435 e. The highest BCUT2D eigenvalue weighted by Gasteiger charge is 2.23. The lowest BCUT2D eigenvalue weighted by atomic mass is 9.94. The van der Waals surface area contributed by atoms with Gasteiger partial charge in [-0.15, -0.1) is 17.5 Å². The predicted octanol–water partition coefficient (Wildman–Crippen LogP) is 2.85. The zero-order valence-corrected chi connectivity index (χ0v) is 16.2. The lowest BCUT2D eigenvalue weighted by Gasteiger charge is -2.26. The molecule has 0 aliphatic carbocycles. The molecular weight excluding hydrogens is 380 g/mol. The molecule has 0 saturated heterocycles. The number of nitrogens with zero attached hydrogens (tertiary/aromatic N) is 3. The van der Waals surface area contributed by atoms with E-state index in [0.29, 0.717) is 17.9 Å². The van der Waals surface area contributed by atoms with E-state index >= 15 is 0 Å². The lowest BCUT2D eigenvalue weighted by Crippen LogP contribution is -2.49. The molecule has 0 aliphatic rings. The average molecular weight is 404 g/mol. The van der Waals surface area contributed by atoms with Crippen molar-refractivity contribution in [3.63, 3.8) is 0 Å². The first-order valence-corrected chi connectivity index (χ1v) is 8.34. The van der Waals surface area contributed by atoms with E-state index in [1.807, 2.05) is 13.8 Å². The summed E-state index contributed by atoms with van der Waals surface area (Å²) < 4.78 is 30.2. The summed E-state index contributed by atoms with van der Waals surface area (Å²) in [7, 11) is 0. The van der Waals surface area contributed by atoms with Crippen LogP contribution in [0.15, 0.2) is 24.3 Å². The van der Waals surface area contributed by atoms with Crippen molar-refractivity contribution in [3.05, 3.63) is 35.7 Å². The van der Waals surface area contributed by atoms with E-state index in [9.17, 15) is 13.6 Å². The van der Waals surface area contributed by atoms with Gasteiger partial charge in [0.25, 0.3) is 5.91 Å². The summed E-state index contributed by atoms with van der Waals surface area (Å²) in [5, 5.41) is 10.7. The van der Waals surface area contributed by atoms with Gasteiger partial charge < -0.3 is 15.8 Å². The number of benzene rings is 1. The van der Waals surface area contributed by atoms with E-state index in [0.717, 1.165) is 12.8 Å². The Balaban J connectivity index is 0.00000364. The van der Waals surface area contributed by atoms with Crippen molar-refractivity contribution in [2.75, 3.05) is 6.54 Å². The van der Waals surface area contributed by atoms with Gasteiger partial charge in [0.15, 0.2) is 5.69 Å². The summed E-state index contributed by atoms with van der Waals surface area (Å²) in [5.41, 5.74) is 7.02. The predicted molar refractivity (Wildman–Crippen MR) is 99.8 cm³/mol. The molecule has 1 aromatic heterocycles. The van der Waals surface area contributed by atoms with E-state index in [4.69, 9.17) is 5.73 Å². The molecule has 0 spiro atoms. The maximum atomic E-state index is 12.4. The third-order valence-corrected chi connectivity index (χ3v) is 4.43. The number of amides is 1. The van der Waals surface area contributed by atoms with Crippen LogP contribution in [-0.4, -0.2) is 39.6 Å². The zero-order chi connectivity index (χ0) is 19.3. The van der Waals surface area contributed by atoms with Crippen LogP contribution in [0.4, 0.5) is 8.78 Å². The van der Waals surface area contributed by atoms with Gasteiger partial charge in [-0.3, -0.25) is 4.79 Å². The number of ether oxygens (including phenoxy) is 1. The van der Waals surface area contributed by atoms with Crippen molar-refractivity contribution in [1.29, 1.82) is 0 Å². The fourth-order valence-electron chi connectivity index (χ4n) is 2.39. The molecular formula is C17H24ClF2N5O2. The standard InChI is InChI=1S/C17H23F2N5O2.ClH/c1-4-17(20,5-2)10-21-15(25)14-11(3)24(23-22-14)12-6-8-13(9-7-12)26-16(18)19;/h6-9,16H,4-5,10,20H2,1-3H3,(H,21,25);1H. The molecule has 0 bridgehead atoms. The SMILES string of the molecule is CCC(N)(CC)CNC(=O)c1nnn(-c2ccc(OC(F)F)cc2)c1C.Cl. The van der Waals surface area contributed by atoms with Crippen LogP contribution in [0.1, 0.15) is 42.9 Å². The first kappa shape index (κ1) is 22.8. The topological polar surface area (TPSA) is 95.1 Å². The number of aromatic nitrogens is 3.